The molecule has 2 heterocycles. The number of phenols is 1. The van der Waals surface area contributed by atoms with Gasteiger partial charge in [0, 0.05) is 53.8 Å². The lowest BCUT2D eigenvalue weighted by Gasteiger charge is -2.18. The number of hydrogen-bond acceptors (Lipinski definition) is 5. The van der Waals surface area contributed by atoms with Gasteiger partial charge >= 0.3 is 0 Å². The van der Waals surface area contributed by atoms with Gasteiger partial charge < -0.3 is 14.6 Å². The second-order valence-electron chi connectivity index (χ2n) is 9.25. The molecule has 0 saturated carbocycles. The van der Waals surface area contributed by atoms with Crippen molar-refractivity contribution in [2.24, 2.45) is 0 Å². The van der Waals surface area contributed by atoms with Crippen LogP contribution in [-0.2, 0) is 0 Å². The summed E-state index contributed by atoms with van der Waals surface area (Å²) in [4.78, 5) is 6.10. The molecule has 37 heavy (non-hydrogen) atoms. The van der Waals surface area contributed by atoms with E-state index < -0.39 is 5.82 Å². The quantitative estimate of drug-likeness (QED) is 0.382. The Morgan fingerprint density at radius 3 is 2.54 bits per heavy atom. The first-order valence-electron chi connectivity index (χ1n) is 12.4. The molecule has 2 aliphatic heterocycles. The fourth-order valence-corrected chi connectivity index (χ4v) is 5.05. The molecule has 1 atom stereocenters. The third-order valence-electron chi connectivity index (χ3n) is 6.78. The van der Waals surface area contributed by atoms with Crippen molar-refractivity contribution in [2.45, 2.75) is 25.4 Å². The number of nitrogens with zero attached hydrogens (tertiary/aromatic N) is 1. The number of halogens is 3. The molecular formula is C29H28F3NO4. The highest BCUT2D eigenvalue weighted by Gasteiger charge is 2.25. The summed E-state index contributed by atoms with van der Waals surface area (Å²) in [5.74, 6) is 0.454. The van der Waals surface area contributed by atoms with Crippen LogP contribution >= 0.6 is 0 Å². The maximum atomic E-state index is 15.0. The van der Waals surface area contributed by atoms with Crippen LogP contribution in [0.1, 0.15) is 36.0 Å². The second kappa shape index (κ2) is 11.2. The number of ether oxygens (including phenoxy) is 2. The summed E-state index contributed by atoms with van der Waals surface area (Å²) in [6, 6.07) is 16.3. The number of rotatable bonds is 8. The van der Waals surface area contributed by atoms with Crippen molar-refractivity contribution in [1.29, 1.82) is 0 Å². The van der Waals surface area contributed by atoms with Gasteiger partial charge in [-0.2, -0.15) is 0 Å². The van der Waals surface area contributed by atoms with Gasteiger partial charge in [-0.05, 0) is 65.9 Å². The number of fused-ring (bicyclic) bond motifs is 1. The summed E-state index contributed by atoms with van der Waals surface area (Å²) in [6.45, 7) is 2.32. The molecule has 1 N–H and O–H groups in total. The monoisotopic (exact) mass is 511 g/mol. The third kappa shape index (κ3) is 5.54. The van der Waals surface area contributed by atoms with Crippen LogP contribution in [-0.4, -0.2) is 49.0 Å². The molecule has 0 radical (unpaired) electrons. The molecule has 2 aliphatic rings. The van der Waals surface area contributed by atoms with Gasteiger partial charge in [0.2, 0.25) is 0 Å². The summed E-state index contributed by atoms with van der Waals surface area (Å²) in [5, 5.41) is 9.73. The summed E-state index contributed by atoms with van der Waals surface area (Å²) in [5.41, 5.74) is 3.29. The Morgan fingerprint density at radius 2 is 1.78 bits per heavy atom. The number of benzene rings is 3. The second-order valence-corrected chi connectivity index (χ2v) is 9.25. The molecule has 1 fully saturated rings. The lowest BCUT2D eigenvalue weighted by Crippen LogP contribution is -2.26. The number of alkyl halides is 1. The minimum absolute atomic E-state index is 0.0123. The van der Waals surface area contributed by atoms with Crippen molar-refractivity contribution in [1.82, 2.24) is 4.90 Å². The first-order valence-corrected chi connectivity index (χ1v) is 12.4. The lowest BCUT2D eigenvalue weighted by atomic mass is 9.88. The SMILES string of the molecule is Oc1ccc(C2=C(c3ccc(OC4CCN(CCCF)C4)cc3)c3ccc(OF)cc3OCC2)c(F)c1. The molecule has 0 spiro atoms. The lowest BCUT2D eigenvalue weighted by molar-refractivity contribution is -0.00646. The summed E-state index contributed by atoms with van der Waals surface area (Å²) < 4.78 is 52.4. The van der Waals surface area contributed by atoms with Crippen molar-refractivity contribution < 1.29 is 32.8 Å². The van der Waals surface area contributed by atoms with E-state index in [4.69, 9.17) is 9.47 Å². The predicted octanol–water partition coefficient (Wildman–Crippen LogP) is 6.35. The van der Waals surface area contributed by atoms with Gasteiger partial charge in [-0.3, -0.25) is 14.2 Å². The van der Waals surface area contributed by atoms with E-state index in [-0.39, 0.29) is 30.9 Å². The molecular weight excluding hydrogens is 483 g/mol. The standard InChI is InChI=1S/C29H28F3NO4/c30-12-1-13-33-14-10-23(18-33)36-21-5-2-19(3-6-21)29-25(24-8-4-20(34)16-27(24)31)11-15-35-28-17-22(37-32)7-9-26(28)29/h2-9,16-17,23,34H,1,10-15,18H2. The van der Waals surface area contributed by atoms with Crippen molar-refractivity contribution in [2.75, 3.05) is 32.9 Å². The van der Waals surface area contributed by atoms with E-state index in [2.05, 4.69) is 9.84 Å². The Hall–Kier alpha value is -3.65. The Morgan fingerprint density at radius 1 is 1.00 bits per heavy atom. The topological polar surface area (TPSA) is 51.2 Å². The van der Waals surface area contributed by atoms with Crippen molar-refractivity contribution >= 4 is 11.1 Å². The van der Waals surface area contributed by atoms with Gasteiger partial charge in [0.15, 0.2) is 5.75 Å². The number of aromatic hydroxyl groups is 1. The minimum Gasteiger partial charge on any atom is -0.508 e. The maximum absolute atomic E-state index is 15.0. The molecule has 0 aromatic heterocycles. The van der Waals surface area contributed by atoms with Crippen molar-refractivity contribution in [3.05, 3.63) is 83.2 Å². The van der Waals surface area contributed by atoms with Crippen LogP contribution in [0.25, 0.3) is 11.1 Å². The summed E-state index contributed by atoms with van der Waals surface area (Å²) in [7, 11) is 0. The molecule has 3 aromatic rings. The Kier molecular flexibility index (Phi) is 7.55. The van der Waals surface area contributed by atoms with Crippen LogP contribution in [0.15, 0.2) is 60.7 Å². The largest absolute Gasteiger partial charge is 0.508 e. The highest BCUT2D eigenvalue weighted by molar-refractivity contribution is 6.00. The molecule has 5 nitrogen and oxygen atoms in total. The van der Waals surface area contributed by atoms with Gasteiger partial charge in [0.25, 0.3) is 0 Å². The zero-order valence-corrected chi connectivity index (χ0v) is 20.3. The van der Waals surface area contributed by atoms with Gasteiger partial charge in [0.1, 0.15) is 29.2 Å². The van der Waals surface area contributed by atoms with Crippen molar-refractivity contribution in [3.63, 3.8) is 0 Å². The normalized spacial score (nSPS) is 17.8. The first kappa shape index (κ1) is 25.0. The third-order valence-corrected chi connectivity index (χ3v) is 6.78. The van der Waals surface area contributed by atoms with Gasteiger partial charge in [-0.25, -0.2) is 4.39 Å². The van der Waals surface area contributed by atoms with Crippen LogP contribution in [0.5, 0.6) is 23.0 Å². The van der Waals surface area contributed by atoms with Crippen LogP contribution in [0.4, 0.5) is 13.3 Å². The van der Waals surface area contributed by atoms with E-state index in [9.17, 15) is 14.0 Å². The molecule has 1 saturated heterocycles. The maximum Gasteiger partial charge on any atom is 0.175 e. The van der Waals surface area contributed by atoms with E-state index in [1.54, 1.807) is 12.1 Å². The molecule has 5 rings (SSSR count). The highest BCUT2D eigenvalue weighted by atomic mass is 19.3. The molecule has 0 amide bonds. The number of hydrogen-bond donors (Lipinski definition) is 1. The molecule has 8 heteroatoms. The number of phenolic OH excluding ortho intramolecular Hbond substituents is 1. The van der Waals surface area contributed by atoms with Crippen LogP contribution in [0, 0.1) is 5.82 Å². The van der Waals surface area contributed by atoms with Gasteiger partial charge in [-0.15, -0.1) is 0 Å². The fourth-order valence-electron chi connectivity index (χ4n) is 5.05. The van der Waals surface area contributed by atoms with Crippen molar-refractivity contribution in [3.8, 4) is 23.0 Å². The minimum atomic E-state index is -0.543. The van der Waals surface area contributed by atoms with Crippen LogP contribution in [0.3, 0.4) is 0 Å². The van der Waals surface area contributed by atoms with E-state index >= 15 is 4.39 Å². The Bertz CT molecular complexity index is 1280. The van der Waals surface area contributed by atoms with E-state index in [0.29, 0.717) is 41.0 Å². The molecule has 0 bridgehead atoms. The molecule has 0 aliphatic carbocycles. The first-order chi connectivity index (χ1) is 18.1. The van der Waals surface area contributed by atoms with E-state index in [1.165, 1.54) is 18.2 Å². The van der Waals surface area contributed by atoms with Gasteiger partial charge in [0.05, 0.1) is 13.3 Å². The number of likely N-dealkylation sites (tertiary alicyclic amines) is 1. The van der Waals surface area contributed by atoms with Gasteiger partial charge in [-0.1, -0.05) is 12.1 Å². The Balaban J connectivity index is 1.49. The molecule has 3 aromatic carbocycles. The summed E-state index contributed by atoms with van der Waals surface area (Å²) >= 11 is 0. The zero-order chi connectivity index (χ0) is 25.8. The van der Waals surface area contributed by atoms with Crippen LogP contribution in [0.2, 0.25) is 0 Å². The Labute approximate surface area is 213 Å². The van der Waals surface area contributed by atoms with E-state index in [1.807, 2.05) is 24.3 Å². The fraction of sp³-hybridized carbons (Fsp3) is 0.310. The molecule has 194 valence electrons. The van der Waals surface area contributed by atoms with Crippen LogP contribution < -0.4 is 14.4 Å². The summed E-state index contributed by atoms with van der Waals surface area (Å²) in [6.07, 6.45) is 1.85. The predicted molar refractivity (Wildman–Crippen MR) is 135 cm³/mol. The molecule has 1 unspecified atom stereocenters. The highest BCUT2D eigenvalue weighted by Crippen LogP contribution is 2.43. The average Bonchev–Trinajstić information content (AvgIpc) is 3.26. The zero-order valence-electron chi connectivity index (χ0n) is 20.3. The smallest absolute Gasteiger partial charge is 0.175 e. The average molecular weight is 512 g/mol. The van der Waals surface area contributed by atoms with E-state index in [0.717, 1.165) is 43.3 Å².